The fourth-order valence-electron chi connectivity index (χ4n) is 3.75. The predicted octanol–water partition coefficient (Wildman–Crippen LogP) is 3.19. The smallest absolute Gasteiger partial charge is 0.323 e. The van der Waals surface area contributed by atoms with Gasteiger partial charge in [-0.1, -0.05) is 39.5 Å². The van der Waals surface area contributed by atoms with Gasteiger partial charge in [0.2, 0.25) is 11.8 Å². The zero-order valence-corrected chi connectivity index (χ0v) is 22.9. The lowest BCUT2D eigenvalue weighted by Crippen LogP contribution is -2.36. The van der Waals surface area contributed by atoms with Crippen LogP contribution in [0.4, 0.5) is 16.2 Å². The van der Waals surface area contributed by atoms with Crippen LogP contribution in [0, 0.1) is 11.3 Å². The number of halogens is 1. The number of hydrogen-bond acceptors (Lipinski definition) is 10. The van der Waals surface area contributed by atoms with Crippen molar-refractivity contribution in [2.75, 3.05) is 38.0 Å². The molecule has 1 aliphatic heterocycles. The largest absolute Gasteiger partial charge is 0.464 e. The molecule has 1 fully saturated rings. The summed E-state index contributed by atoms with van der Waals surface area (Å²) < 4.78 is 34.3. The fourth-order valence-corrected chi connectivity index (χ4v) is 5.71. The van der Waals surface area contributed by atoms with Crippen molar-refractivity contribution < 1.29 is 23.2 Å². The monoisotopic (exact) mass is 531 g/mol. The number of nitrogens with one attached hydrogen (secondary N) is 2. The number of aromatic nitrogens is 4. The van der Waals surface area contributed by atoms with Gasteiger partial charge in [-0.3, -0.25) is 14.4 Å². The lowest BCUT2D eigenvalue weighted by molar-refractivity contribution is -0.171. The average Bonchev–Trinajstić information content (AvgIpc) is 3.29. The van der Waals surface area contributed by atoms with Crippen LogP contribution in [-0.2, 0) is 30.6 Å². The second kappa shape index (κ2) is 10.2. The number of nitrogen functional groups attached to an aromatic ring is 1. The Balaban J connectivity index is 1.65. The molecule has 3 heterocycles. The zero-order valence-electron chi connectivity index (χ0n) is 21.2. The van der Waals surface area contributed by atoms with Crippen LogP contribution in [0.3, 0.4) is 0 Å². The van der Waals surface area contributed by atoms with Crippen LogP contribution in [0.2, 0.25) is 0 Å². The quantitative estimate of drug-likeness (QED) is 0.325. The molecule has 196 valence electrons. The minimum atomic E-state index is -2.72. The molecule has 1 unspecified atom stereocenters. The van der Waals surface area contributed by atoms with Crippen LogP contribution in [-0.4, -0.2) is 64.3 Å². The molecular weight excluding hydrogens is 496 g/mol. The number of carbonyl (C=O) groups is 1. The molecule has 5 atom stereocenters. The topological polar surface area (TPSA) is 138 Å². The molecule has 0 saturated carbocycles. The van der Waals surface area contributed by atoms with Crippen LogP contribution in [0.5, 0.6) is 0 Å². The van der Waals surface area contributed by atoms with Crippen molar-refractivity contribution in [1.82, 2.24) is 24.6 Å². The molecule has 0 spiro atoms. The first-order valence-corrected chi connectivity index (χ1v) is 14.5. The van der Waals surface area contributed by atoms with Gasteiger partial charge in [-0.05, 0) is 12.3 Å². The molecule has 0 bridgehead atoms. The Morgan fingerprint density at radius 3 is 2.80 bits per heavy atom. The number of ether oxygens (including phenoxy) is 2. The van der Waals surface area contributed by atoms with E-state index in [4.69, 9.17) is 31.5 Å². The number of nitrogens with zero attached hydrogens (tertiary/aromatic N) is 4. The molecule has 11 nitrogen and oxygen atoms in total. The summed E-state index contributed by atoms with van der Waals surface area (Å²) in [5, 5.41) is 5.91. The van der Waals surface area contributed by atoms with E-state index < -0.39 is 30.5 Å². The van der Waals surface area contributed by atoms with Gasteiger partial charge in [0.25, 0.3) is 0 Å². The predicted molar refractivity (Wildman–Crippen MR) is 136 cm³/mol. The van der Waals surface area contributed by atoms with E-state index >= 15 is 4.39 Å². The molecule has 0 aromatic carbocycles. The normalized spacial score (nSPS) is 25.4. The number of esters is 1. The Bertz CT molecular complexity index is 1130. The maximum absolute atomic E-state index is 15.7. The van der Waals surface area contributed by atoms with Crippen molar-refractivity contribution in [1.29, 1.82) is 0 Å². The molecule has 2 aromatic rings. The van der Waals surface area contributed by atoms with Crippen molar-refractivity contribution in [3.05, 3.63) is 6.33 Å². The van der Waals surface area contributed by atoms with Gasteiger partial charge in [-0.15, -0.1) is 0 Å². The number of imidazole rings is 1. The minimum Gasteiger partial charge on any atom is -0.464 e. The summed E-state index contributed by atoms with van der Waals surface area (Å²) >= 11 is 5.52. The van der Waals surface area contributed by atoms with E-state index in [1.807, 2.05) is 27.7 Å². The van der Waals surface area contributed by atoms with E-state index in [0.717, 1.165) is 0 Å². The highest BCUT2D eigenvalue weighted by Crippen LogP contribution is 2.47. The molecule has 35 heavy (non-hydrogen) atoms. The van der Waals surface area contributed by atoms with E-state index in [1.54, 1.807) is 25.2 Å². The SMILES string of the molecule is CNc1nc(N)nc2c1ncn2[C@@H]1O[C@](F)(COP(C)(=S)N[C@H](C)C(=O)OCC(C)(C)C)C[C@@H]1C. The number of hydrogen-bond donors (Lipinski definition) is 3. The summed E-state index contributed by atoms with van der Waals surface area (Å²) in [6, 6.07) is -0.691. The fraction of sp³-hybridized carbons (Fsp3) is 0.714. The Kier molecular flexibility index (Phi) is 8.07. The first-order valence-electron chi connectivity index (χ1n) is 11.3. The van der Waals surface area contributed by atoms with Crippen LogP contribution >= 0.6 is 6.42 Å². The van der Waals surface area contributed by atoms with Gasteiger partial charge < -0.3 is 25.0 Å². The third kappa shape index (κ3) is 6.85. The van der Waals surface area contributed by atoms with Crippen molar-refractivity contribution in [2.24, 2.45) is 11.3 Å². The molecule has 1 aliphatic rings. The van der Waals surface area contributed by atoms with E-state index in [1.165, 1.54) is 6.33 Å². The first-order chi connectivity index (χ1) is 16.1. The highest BCUT2D eigenvalue weighted by atomic mass is 32.4. The van der Waals surface area contributed by atoms with E-state index in [0.29, 0.717) is 17.0 Å². The van der Waals surface area contributed by atoms with Gasteiger partial charge in [0.15, 0.2) is 17.0 Å². The number of alkyl halides is 1. The molecule has 14 heteroatoms. The molecule has 4 N–H and O–H groups in total. The van der Waals surface area contributed by atoms with E-state index in [9.17, 15) is 4.79 Å². The van der Waals surface area contributed by atoms with Crippen molar-refractivity contribution in [2.45, 2.75) is 59.2 Å². The number of nitrogens with two attached hydrogens (primary N) is 1. The summed E-state index contributed by atoms with van der Waals surface area (Å²) in [7, 11) is 1.70. The van der Waals surface area contributed by atoms with Gasteiger partial charge in [0.05, 0.1) is 12.9 Å². The van der Waals surface area contributed by atoms with E-state index in [-0.39, 0.29) is 36.9 Å². The second-order valence-corrected chi connectivity index (χ2v) is 14.5. The summed E-state index contributed by atoms with van der Waals surface area (Å²) in [4.78, 5) is 25.0. The molecular formula is C21H35FN7O4PS. The van der Waals surface area contributed by atoms with Gasteiger partial charge in [-0.2, -0.15) is 9.97 Å². The lowest BCUT2D eigenvalue weighted by Gasteiger charge is -2.27. The van der Waals surface area contributed by atoms with Crippen molar-refractivity contribution in [3.8, 4) is 0 Å². The zero-order chi connectivity index (χ0) is 26.2. The maximum Gasteiger partial charge on any atom is 0.323 e. The number of rotatable bonds is 9. The van der Waals surface area contributed by atoms with Crippen LogP contribution < -0.4 is 16.1 Å². The Labute approximate surface area is 209 Å². The number of carbonyl (C=O) groups excluding carboxylic acids is 1. The molecule has 0 radical (unpaired) electrons. The third-order valence-electron chi connectivity index (χ3n) is 5.35. The van der Waals surface area contributed by atoms with Crippen molar-refractivity contribution in [3.63, 3.8) is 0 Å². The maximum atomic E-state index is 15.7. The second-order valence-electron chi connectivity index (χ2n) is 10.2. The highest BCUT2D eigenvalue weighted by Gasteiger charge is 2.47. The summed E-state index contributed by atoms with van der Waals surface area (Å²) in [6.07, 6.45) is -1.79. The Morgan fingerprint density at radius 2 is 2.17 bits per heavy atom. The summed E-state index contributed by atoms with van der Waals surface area (Å²) in [5.74, 6) is -2.20. The standard InChI is InChI=1S/C21H35FN7O4PS/c1-12-8-21(22,10-32-34(7,35)28-13(2)18(30)31-9-20(3,4)5)33-17(12)29-11-25-14-15(24-6)26-19(23)27-16(14)29/h11-13,17H,8-10H2,1-7H3,(H,28,35)(H3,23,24,26,27)/t12-,13+,17+,21-,34?/m0/s1. The van der Waals surface area contributed by atoms with E-state index in [2.05, 4.69) is 25.4 Å². The summed E-state index contributed by atoms with van der Waals surface area (Å²) in [6.45, 7) is 11.0. The molecule has 1 saturated heterocycles. The highest BCUT2D eigenvalue weighted by molar-refractivity contribution is 8.11. The molecule has 2 aromatic heterocycles. The average molecular weight is 532 g/mol. The van der Waals surface area contributed by atoms with Gasteiger partial charge in [0, 0.05) is 26.1 Å². The molecule has 0 aliphatic carbocycles. The minimum absolute atomic E-state index is 0.0667. The van der Waals surface area contributed by atoms with Gasteiger partial charge >= 0.3 is 5.97 Å². The number of fused-ring (bicyclic) bond motifs is 1. The molecule has 0 amide bonds. The Hall–Kier alpha value is -1.92. The van der Waals surface area contributed by atoms with Crippen LogP contribution in [0.15, 0.2) is 6.33 Å². The van der Waals surface area contributed by atoms with Crippen LogP contribution in [0.25, 0.3) is 11.2 Å². The van der Waals surface area contributed by atoms with Gasteiger partial charge in [0.1, 0.15) is 25.3 Å². The number of anilines is 2. The van der Waals surface area contributed by atoms with Crippen LogP contribution in [0.1, 0.15) is 47.3 Å². The lowest BCUT2D eigenvalue weighted by atomic mass is 9.99. The summed E-state index contributed by atoms with van der Waals surface area (Å²) in [5.41, 5.74) is 6.62. The van der Waals surface area contributed by atoms with Gasteiger partial charge in [-0.25, -0.2) is 9.37 Å². The molecule has 3 rings (SSSR count). The van der Waals surface area contributed by atoms with Crippen molar-refractivity contribution >= 4 is 47.1 Å². The third-order valence-corrected chi connectivity index (χ3v) is 7.46. The first kappa shape index (κ1) is 27.7. The Morgan fingerprint density at radius 1 is 1.49 bits per heavy atom.